The van der Waals surface area contributed by atoms with E-state index in [4.69, 9.17) is 4.42 Å². The molecule has 0 bridgehead atoms. The fourth-order valence-corrected chi connectivity index (χ4v) is 2.68. The number of benzene rings is 2. The maximum absolute atomic E-state index is 11.9. The molecule has 1 heterocycles. The Kier molecular flexibility index (Phi) is 3.37. The molecule has 1 aromatic heterocycles. The van der Waals surface area contributed by atoms with Crippen molar-refractivity contribution in [2.24, 2.45) is 5.92 Å². The van der Waals surface area contributed by atoms with Crippen LogP contribution in [-0.2, 0) is 11.2 Å². The summed E-state index contributed by atoms with van der Waals surface area (Å²) in [5.74, 6) is 1.02. The molecule has 0 aliphatic heterocycles. The Morgan fingerprint density at radius 2 is 2.13 bits per heavy atom. The van der Waals surface area contributed by atoms with Gasteiger partial charge in [-0.15, -0.1) is 0 Å². The van der Waals surface area contributed by atoms with Gasteiger partial charge in [0.2, 0.25) is 5.91 Å². The zero-order valence-electron chi connectivity index (χ0n) is 13.0. The predicted octanol–water partition coefficient (Wildman–Crippen LogP) is 4.08. The standard InChI is InChI=1S/C19H18N2O2/c1-12-5-8-17-16(9-12)21-18(23-17)11-13-3-2-4-15(10-13)20-19(22)14-6-7-14/h2-5,8-10,14H,6-7,11H2,1H3,(H,20,22). The van der Waals surface area contributed by atoms with E-state index >= 15 is 0 Å². The molecule has 4 nitrogen and oxygen atoms in total. The maximum atomic E-state index is 11.9. The number of nitrogens with one attached hydrogen (secondary N) is 1. The second-order valence-electron chi connectivity index (χ2n) is 6.22. The van der Waals surface area contributed by atoms with E-state index in [1.807, 2.05) is 49.4 Å². The molecular formula is C19H18N2O2. The lowest BCUT2D eigenvalue weighted by atomic mass is 10.1. The number of anilines is 1. The minimum absolute atomic E-state index is 0.125. The number of hydrogen-bond acceptors (Lipinski definition) is 3. The minimum Gasteiger partial charge on any atom is -0.440 e. The summed E-state index contributed by atoms with van der Waals surface area (Å²) >= 11 is 0. The van der Waals surface area contributed by atoms with Crippen molar-refractivity contribution < 1.29 is 9.21 Å². The van der Waals surface area contributed by atoms with Gasteiger partial charge >= 0.3 is 0 Å². The number of aromatic nitrogens is 1. The van der Waals surface area contributed by atoms with Gasteiger partial charge in [-0.1, -0.05) is 18.2 Å². The first-order valence-corrected chi connectivity index (χ1v) is 7.93. The molecule has 4 heteroatoms. The number of hydrogen-bond donors (Lipinski definition) is 1. The largest absolute Gasteiger partial charge is 0.440 e. The average molecular weight is 306 g/mol. The Morgan fingerprint density at radius 1 is 1.26 bits per heavy atom. The molecule has 0 spiro atoms. The van der Waals surface area contributed by atoms with Crippen molar-refractivity contribution in [3.63, 3.8) is 0 Å². The highest BCUT2D eigenvalue weighted by Gasteiger charge is 2.29. The Labute approximate surface area is 134 Å². The van der Waals surface area contributed by atoms with E-state index in [0.29, 0.717) is 12.3 Å². The highest BCUT2D eigenvalue weighted by Crippen LogP contribution is 2.30. The van der Waals surface area contributed by atoms with Crippen LogP contribution in [0.25, 0.3) is 11.1 Å². The number of fused-ring (bicyclic) bond motifs is 1. The first kappa shape index (κ1) is 14.0. The van der Waals surface area contributed by atoms with E-state index in [0.717, 1.165) is 35.2 Å². The summed E-state index contributed by atoms with van der Waals surface area (Å²) in [5, 5.41) is 2.97. The first-order chi connectivity index (χ1) is 11.2. The number of amides is 1. The van der Waals surface area contributed by atoms with E-state index < -0.39 is 0 Å². The Morgan fingerprint density at radius 3 is 2.96 bits per heavy atom. The van der Waals surface area contributed by atoms with Crippen LogP contribution in [-0.4, -0.2) is 10.9 Å². The number of rotatable bonds is 4. The van der Waals surface area contributed by atoms with E-state index in [2.05, 4.69) is 10.3 Å². The van der Waals surface area contributed by atoms with E-state index in [1.165, 1.54) is 5.56 Å². The van der Waals surface area contributed by atoms with Crippen molar-refractivity contribution in [3.8, 4) is 0 Å². The van der Waals surface area contributed by atoms with E-state index in [1.54, 1.807) is 0 Å². The van der Waals surface area contributed by atoms with Crippen LogP contribution in [0, 0.1) is 12.8 Å². The van der Waals surface area contributed by atoms with Crippen LogP contribution in [0.1, 0.15) is 29.9 Å². The molecule has 0 saturated heterocycles. The van der Waals surface area contributed by atoms with Crippen LogP contribution in [0.2, 0.25) is 0 Å². The number of carbonyl (C=O) groups is 1. The van der Waals surface area contributed by atoms with Crippen LogP contribution >= 0.6 is 0 Å². The van der Waals surface area contributed by atoms with Crippen molar-refractivity contribution >= 4 is 22.7 Å². The van der Waals surface area contributed by atoms with Gasteiger partial charge in [-0.25, -0.2) is 4.98 Å². The van der Waals surface area contributed by atoms with Gasteiger partial charge in [0.15, 0.2) is 11.5 Å². The number of nitrogens with zero attached hydrogens (tertiary/aromatic N) is 1. The van der Waals surface area contributed by atoms with Crippen molar-refractivity contribution in [1.82, 2.24) is 4.98 Å². The summed E-state index contributed by atoms with van der Waals surface area (Å²) in [5.41, 5.74) is 4.78. The SMILES string of the molecule is Cc1ccc2oc(Cc3cccc(NC(=O)C4CC4)c3)nc2c1. The van der Waals surface area contributed by atoms with Crippen molar-refractivity contribution in [2.75, 3.05) is 5.32 Å². The number of aryl methyl sites for hydroxylation is 1. The molecule has 0 radical (unpaired) electrons. The molecule has 4 rings (SSSR count). The van der Waals surface area contributed by atoms with Crippen LogP contribution < -0.4 is 5.32 Å². The van der Waals surface area contributed by atoms with Crippen LogP contribution in [0.5, 0.6) is 0 Å². The van der Waals surface area contributed by atoms with Gasteiger partial charge in [0.25, 0.3) is 0 Å². The Bertz CT molecular complexity index is 878. The molecule has 1 amide bonds. The molecule has 116 valence electrons. The molecule has 1 aliphatic carbocycles. The maximum Gasteiger partial charge on any atom is 0.227 e. The molecular weight excluding hydrogens is 288 g/mol. The molecule has 1 aliphatic rings. The molecule has 23 heavy (non-hydrogen) atoms. The first-order valence-electron chi connectivity index (χ1n) is 7.93. The van der Waals surface area contributed by atoms with Crippen molar-refractivity contribution in [3.05, 3.63) is 59.5 Å². The normalized spacial score (nSPS) is 14.1. The minimum atomic E-state index is 0.125. The molecule has 0 unspecified atom stereocenters. The molecule has 0 atom stereocenters. The fraction of sp³-hybridized carbons (Fsp3) is 0.263. The van der Waals surface area contributed by atoms with Crippen molar-refractivity contribution in [1.29, 1.82) is 0 Å². The fourth-order valence-electron chi connectivity index (χ4n) is 2.68. The summed E-state index contributed by atoms with van der Waals surface area (Å²) in [7, 11) is 0. The lowest BCUT2D eigenvalue weighted by Crippen LogP contribution is -2.13. The number of oxazole rings is 1. The zero-order valence-corrected chi connectivity index (χ0v) is 13.0. The summed E-state index contributed by atoms with van der Waals surface area (Å²) in [4.78, 5) is 16.4. The van der Waals surface area contributed by atoms with Gasteiger partial charge in [0, 0.05) is 18.0 Å². The number of carbonyl (C=O) groups excluding carboxylic acids is 1. The topological polar surface area (TPSA) is 55.1 Å². The molecule has 1 fully saturated rings. The highest BCUT2D eigenvalue weighted by molar-refractivity contribution is 5.94. The molecule has 1 N–H and O–H groups in total. The van der Waals surface area contributed by atoms with Gasteiger partial charge in [-0.3, -0.25) is 4.79 Å². The Balaban J connectivity index is 1.53. The van der Waals surface area contributed by atoms with Crippen LogP contribution in [0.4, 0.5) is 5.69 Å². The third-order valence-electron chi connectivity index (χ3n) is 4.09. The third kappa shape index (κ3) is 3.11. The summed E-state index contributed by atoms with van der Waals surface area (Å²) in [6.07, 6.45) is 2.63. The van der Waals surface area contributed by atoms with Gasteiger partial charge in [0.1, 0.15) is 5.52 Å². The second-order valence-corrected chi connectivity index (χ2v) is 6.22. The van der Waals surface area contributed by atoms with Crippen LogP contribution in [0.15, 0.2) is 46.9 Å². The quantitative estimate of drug-likeness (QED) is 0.790. The van der Waals surface area contributed by atoms with Gasteiger partial charge in [0.05, 0.1) is 0 Å². The van der Waals surface area contributed by atoms with Gasteiger partial charge in [-0.2, -0.15) is 0 Å². The lowest BCUT2D eigenvalue weighted by molar-refractivity contribution is -0.117. The zero-order chi connectivity index (χ0) is 15.8. The van der Waals surface area contributed by atoms with Gasteiger partial charge in [-0.05, 0) is 55.2 Å². The van der Waals surface area contributed by atoms with Crippen molar-refractivity contribution in [2.45, 2.75) is 26.2 Å². The molecule has 1 saturated carbocycles. The lowest BCUT2D eigenvalue weighted by Gasteiger charge is -2.05. The smallest absolute Gasteiger partial charge is 0.227 e. The molecule has 2 aromatic carbocycles. The Hall–Kier alpha value is -2.62. The summed E-state index contributed by atoms with van der Waals surface area (Å²) in [6.45, 7) is 2.04. The van der Waals surface area contributed by atoms with E-state index in [9.17, 15) is 4.79 Å². The summed E-state index contributed by atoms with van der Waals surface area (Å²) < 4.78 is 5.80. The highest BCUT2D eigenvalue weighted by atomic mass is 16.3. The summed E-state index contributed by atoms with van der Waals surface area (Å²) in [6, 6.07) is 13.9. The predicted molar refractivity (Wildman–Crippen MR) is 89.3 cm³/mol. The second kappa shape index (κ2) is 5.54. The van der Waals surface area contributed by atoms with E-state index in [-0.39, 0.29) is 11.8 Å². The molecule has 3 aromatic rings. The third-order valence-corrected chi connectivity index (χ3v) is 4.09. The average Bonchev–Trinajstić information content (AvgIpc) is 3.29. The van der Waals surface area contributed by atoms with Crippen LogP contribution in [0.3, 0.4) is 0 Å². The monoisotopic (exact) mass is 306 g/mol. The van der Waals surface area contributed by atoms with Gasteiger partial charge < -0.3 is 9.73 Å².